The Bertz CT molecular complexity index is 744. The lowest BCUT2D eigenvalue weighted by molar-refractivity contribution is 0.688. The van der Waals surface area contributed by atoms with Gasteiger partial charge >= 0.3 is 0 Å². The van der Waals surface area contributed by atoms with Gasteiger partial charge in [-0.3, -0.25) is 0 Å². The molecule has 1 atom stereocenters. The van der Waals surface area contributed by atoms with E-state index in [2.05, 4.69) is 85.3 Å². The number of hydrogen-bond acceptors (Lipinski definition) is 1. The van der Waals surface area contributed by atoms with Crippen LogP contribution in [0.2, 0.25) is 0 Å². The molecule has 0 N–H and O–H groups in total. The largest absolute Gasteiger partial charge is 0.237 e. The molecule has 1 unspecified atom stereocenters. The van der Waals surface area contributed by atoms with Crippen LogP contribution in [0.4, 0.5) is 0 Å². The number of para-hydroxylation sites is 1. The molecule has 3 aromatic rings. The average Bonchev–Trinajstić information content (AvgIpc) is 3.06. The maximum Gasteiger partial charge on any atom is 0.0649 e. The molecular formula is C22H26N2. The Kier molecular flexibility index (Phi) is 5.47. The summed E-state index contributed by atoms with van der Waals surface area (Å²) in [5.41, 5.74) is 5.00. The Morgan fingerprint density at radius 1 is 0.917 bits per heavy atom. The second-order valence-corrected chi connectivity index (χ2v) is 6.28. The molecule has 2 nitrogen and oxygen atoms in total. The lowest BCUT2D eigenvalue weighted by atomic mass is 9.92. The first-order chi connectivity index (χ1) is 11.8. The summed E-state index contributed by atoms with van der Waals surface area (Å²) < 4.78 is 2.14. The van der Waals surface area contributed by atoms with Crippen LogP contribution in [0.5, 0.6) is 0 Å². The summed E-state index contributed by atoms with van der Waals surface area (Å²) in [4.78, 5) is 0. The Hall–Kier alpha value is -2.35. The van der Waals surface area contributed by atoms with Crippen molar-refractivity contribution in [3.05, 3.63) is 83.7 Å². The van der Waals surface area contributed by atoms with Gasteiger partial charge in [0.2, 0.25) is 0 Å². The van der Waals surface area contributed by atoms with Crippen LogP contribution in [0, 0.1) is 0 Å². The van der Waals surface area contributed by atoms with Crippen molar-refractivity contribution in [2.24, 2.45) is 0 Å². The maximum atomic E-state index is 4.93. The predicted octanol–water partition coefficient (Wildman–Crippen LogP) is 5.76. The van der Waals surface area contributed by atoms with E-state index >= 15 is 0 Å². The van der Waals surface area contributed by atoms with Gasteiger partial charge in [-0.25, -0.2) is 4.68 Å². The predicted molar refractivity (Wildman–Crippen MR) is 101 cm³/mol. The number of benzene rings is 2. The average molecular weight is 318 g/mol. The summed E-state index contributed by atoms with van der Waals surface area (Å²) in [6, 6.07) is 23.6. The van der Waals surface area contributed by atoms with Gasteiger partial charge in [0.1, 0.15) is 0 Å². The first kappa shape index (κ1) is 16.5. The summed E-state index contributed by atoms with van der Waals surface area (Å²) in [6.07, 6.45) is 4.50. The summed E-state index contributed by atoms with van der Waals surface area (Å²) in [7, 11) is 0. The third kappa shape index (κ3) is 3.59. The minimum absolute atomic E-state index is 0.370. The molecule has 0 aliphatic carbocycles. The van der Waals surface area contributed by atoms with Crippen LogP contribution in [-0.2, 0) is 6.42 Å². The van der Waals surface area contributed by atoms with Crippen LogP contribution in [-0.4, -0.2) is 9.78 Å². The summed E-state index contributed by atoms with van der Waals surface area (Å²) in [6.45, 7) is 4.49. The molecule has 0 amide bonds. The van der Waals surface area contributed by atoms with Gasteiger partial charge in [-0.1, -0.05) is 68.8 Å². The Balaban J connectivity index is 2.05. The lowest BCUT2D eigenvalue weighted by Crippen LogP contribution is -2.08. The van der Waals surface area contributed by atoms with Crippen LogP contribution in [0.3, 0.4) is 0 Å². The SMILES string of the molecule is CCCCc1cc(C(CC)c2ccccc2)n(-c2ccccc2)n1. The van der Waals surface area contributed by atoms with Crippen LogP contribution < -0.4 is 0 Å². The molecule has 1 heterocycles. The fraction of sp³-hybridized carbons (Fsp3) is 0.318. The highest BCUT2D eigenvalue weighted by Gasteiger charge is 2.19. The van der Waals surface area contributed by atoms with Gasteiger partial charge in [0.05, 0.1) is 17.1 Å². The zero-order valence-corrected chi connectivity index (χ0v) is 14.7. The van der Waals surface area contributed by atoms with Gasteiger partial charge in [-0.15, -0.1) is 0 Å². The van der Waals surface area contributed by atoms with E-state index in [4.69, 9.17) is 5.10 Å². The number of aromatic nitrogens is 2. The zero-order valence-electron chi connectivity index (χ0n) is 14.7. The van der Waals surface area contributed by atoms with Crippen molar-refractivity contribution in [1.29, 1.82) is 0 Å². The van der Waals surface area contributed by atoms with E-state index in [1.807, 2.05) is 0 Å². The Labute approximate surface area is 145 Å². The highest BCUT2D eigenvalue weighted by molar-refractivity contribution is 5.38. The van der Waals surface area contributed by atoms with E-state index in [-0.39, 0.29) is 0 Å². The van der Waals surface area contributed by atoms with Crippen molar-refractivity contribution in [2.75, 3.05) is 0 Å². The fourth-order valence-corrected chi connectivity index (χ4v) is 3.25. The van der Waals surface area contributed by atoms with Crippen molar-refractivity contribution in [2.45, 2.75) is 45.4 Å². The smallest absolute Gasteiger partial charge is 0.0649 e. The molecule has 0 saturated heterocycles. The lowest BCUT2D eigenvalue weighted by Gasteiger charge is -2.17. The van der Waals surface area contributed by atoms with Gasteiger partial charge in [-0.05, 0) is 43.0 Å². The molecule has 1 aromatic heterocycles. The number of unbranched alkanes of at least 4 members (excludes halogenated alkanes) is 1. The second kappa shape index (κ2) is 7.96. The fourth-order valence-electron chi connectivity index (χ4n) is 3.25. The molecule has 0 radical (unpaired) electrons. The standard InChI is InChI=1S/C22H26N2/c1-3-5-14-19-17-22(21(4-2)18-12-8-6-9-13-18)24(23-19)20-15-10-7-11-16-20/h6-13,15-17,21H,3-5,14H2,1-2H3. The van der Waals surface area contributed by atoms with Gasteiger partial charge in [0.25, 0.3) is 0 Å². The topological polar surface area (TPSA) is 17.8 Å². The minimum Gasteiger partial charge on any atom is -0.237 e. The summed E-state index contributed by atoms with van der Waals surface area (Å²) in [5, 5.41) is 4.93. The Morgan fingerprint density at radius 3 is 2.21 bits per heavy atom. The molecule has 24 heavy (non-hydrogen) atoms. The molecule has 0 spiro atoms. The highest BCUT2D eigenvalue weighted by Crippen LogP contribution is 2.30. The van der Waals surface area contributed by atoms with Crippen molar-refractivity contribution < 1.29 is 0 Å². The molecule has 3 rings (SSSR count). The number of hydrogen-bond donors (Lipinski definition) is 0. The van der Waals surface area contributed by atoms with E-state index in [0.29, 0.717) is 5.92 Å². The third-order valence-corrected chi connectivity index (χ3v) is 4.54. The van der Waals surface area contributed by atoms with Crippen molar-refractivity contribution >= 4 is 0 Å². The van der Waals surface area contributed by atoms with E-state index in [1.165, 1.54) is 29.8 Å². The number of nitrogens with zero attached hydrogens (tertiary/aromatic N) is 2. The molecule has 2 heteroatoms. The molecule has 124 valence electrons. The Morgan fingerprint density at radius 2 is 1.58 bits per heavy atom. The summed E-state index contributed by atoms with van der Waals surface area (Å²) in [5.74, 6) is 0.370. The molecule has 0 bridgehead atoms. The van der Waals surface area contributed by atoms with Crippen molar-refractivity contribution in [1.82, 2.24) is 9.78 Å². The molecule has 0 saturated carbocycles. The van der Waals surface area contributed by atoms with Crippen LogP contribution in [0.1, 0.15) is 56.0 Å². The zero-order chi connectivity index (χ0) is 16.8. The molecule has 0 aliphatic heterocycles. The van der Waals surface area contributed by atoms with Gasteiger partial charge in [0, 0.05) is 5.92 Å². The molecule has 2 aromatic carbocycles. The van der Waals surface area contributed by atoms with Crippen LogP contribution in [0.25, 0.3) is 5.69 Å². The van der Waals surface area contributed by atoms with Crippen molar-refractivity contribution in [3.63, 3.8) is 0 Å². The van der Waals surface area contributed by atoms with Gasteiger partial charge < -0.3 is 0 Å². The molecule has 0 aliphatic rings. The minimum atomic E-state index is 0.370. The maximum absolute atomic E-state index is 4.93. The van der Waals surface area contributed by atoms with Crippen LogP contribution >= 0.6 is 0 Å². The van der Waals surface area contributed by atoms with Crippen LogP contribution in [0.15, 0.2) is 66.7 Å². The van der Waals surface area contributed by atoms with E-state index in [0.717, 1.165) is 18.5 Å². The monoisotopic (exact) mass is 318 g/mol. The van der Waals surface area contributed by atoms with Gasteiger partial charge in [-0.2, -0.15) is 5.10 Å². The van der Waals surface area contributed by atoms with E-state index in [1.54, 1.807) is 0 Å². The number of aryl methyl sites for hydroxylation is 1. The highest BCUT2D eigenvalue weighted by atomic mass is 15.3. The second-order valence-electron chi connectivity index (χ2n) is 6.28. The first-order valence-corrected chi connectivity index (χ1v) is 9.02. The van der Waals surface area contributed by atoms with E-state index in [9.17, 15) is 0 Å². The van der Waals surface area contributed by atoms with E-state index < -0.39 is 0 Å². The normalized spacial score (nSPS) is 12.2. The third-order valence-electron chi connectivity index (χ3n) is 4.54. The number of rotatable bonds is 7. The first-order valence-electron chi connectivity index (χ1n) is 9.02. The van der Waals surface area contributed by atoms with Gasteiger partial charge in [0.15, 0.2) is 0 Å². The quantitative estimate of drug-likeness (QED) is 0.542. The molecular weight excluding hydrogens is 292 g/mol. The summed E-state index contributed by atoms with van der Waals surface area (Å²) >= 11 is 0. The molecule has 0 fully saturated rings. The van der Waals surface area contributed by atoms with Crippen molar-refractivity contribution in [3.8, 4) is 5.69 Å².